The van der Waals surface area contributed by atoms with Gasteiger partial charge in [0.2, 0.25) is 5.91 Å². The number of rotatable bonds is 9. The minimum atomic E-state index is -0.457. The molecule has 2 N–H and O–H groups in total. The van der Waals surface area contributed by atoms with Gasteiger partial charge in [0.25, 0.3) is 5.69 Å². The zero-order chi connectivity index (χ0) is 19.8. The number of nitro benzene ring substituents is 1. The van der Waals surface area contributed by atoms with E-state index in [1.807, 2.05) is 18.3 Å². The molecule has 2 heterocycles. The lowest BCUT2D eigenvalue weighted by Crippen LogP contribution is -2.17. The summed E-state index contributed by atoms with van der Waals surface area (Å²) in [5.74, 6) is 0.260. The summed E-state index contributed by atoms with van der Waals surface area (Å²) in [6.45, 7) is 0.971. The fraction of sp³-hybridized carbons (Fsp3) is 0.211. The van der Waals surface area contributed by atoms with Crippen molar-refractivity contribution >= 4 is 23.1 Å². The summed E-state index contributed by atoms with van der Waals surface area (Å²) in [5, 5.41) is 21.0. The third-order valence-corrected chi connectivity index (χ3v) is 4.06. The molecule has 1 aromatic carbocycles. The summed E-state index contributed by atoms with van der Waals surface area (Å²) in [6.07, 6.45) is 6.29. The third kappa shape index (κ3) is 5.37. The molecule has 1 amide bonds. The number of pyridine rings is 1. The summed E-state index contributed by atoms with van der Waals surface area (Å²) in [6, 6.07) is 12.0. The lowest BCUT2D eigenvalue weighted by molar-refractivity contribution is -0.384. The average molecular weight is 380 g/mol. The van der Waals surface area contributed by atoms with Crippen LogP contribution in [-0.4, -0.2) is 32.1 Å². The van der Waals surface area contributed by atoms with Crippen LogP contribution >= 0.6 is 0 Å². The quantitative estimate of drug-likeness (QED) is 0.436. The Bertz CT molecular complexity index is 942. The Kier molecular flexibility index (Phi) is 6.29. The van der Waals surface area contributed by atoms with Gasteiger partial charge >= 0.3 is 0 Å². The lowest BCUT2D eigenvalue weighted by atomic mass is 10.2. The molecule has 3 aromatic rings. The van der Waals surface area contributed by atoms with Gasteiger partial charge in [0.1, 0.15) is 5.69 Å². The van der Waals surface area contributed by atoms with Crippen LogP contribution in [0, 0.1) is 10.1 Å². The first-order chi connectivity index (χ1) is 13.6. The van der Waals surface area contributed by atoms with Crippen molar-refractivity contribution in [1.82, 2.24) is 14.8 Å². The van der Waals surface area contributed by atoms with E-state index in [0.29, 0.717) is 18.1 Å². The Balaban J connectivity index is 1.44. The SMILES string of the molecule is O=C(CCNc1ccccc1[N+](=O)[O-])Nc1ccn(CCc2ccncc2)n1. The van der Waals surface area contributed by atoms with Crippen molar-refractivity contribution in [3.63, 3.8) is 0 Å². The summed E-state index contributed by atoms with van der Waals surface area (Å²) in [5.41, 5.74) is 1.54. The maximum Gasteiger partial charge on any atom is 0.292 e. The monoisotopic (exact) mass is 380 g/mol. The molecule has 0 saturated carbocycles. The van der Waals surface area contributed by atoms with Crippen LogP contribution < -0.4 is 10.6 Å². The van der Waals surface area contributed by atoms with Crippen molar-refractivity contribution in [3.8, 4) is 0 Å². The number of nitrogens with one attached hydrogen (secondary N) is 2. The molecule has 0 bridgehead atoms. The largest absolute Gasteiger partial charge is 0.379 e. The molecule has 9 heteroatoms. The van der Waals surface area contributed by atoms with Gasteiger partial charge in [0.15, 0.2) is 5.82 Å². The number of aromatic nitrogens is 3. The average Bonchev–Trinajstić information content (AvgIpc) is 3.14. The summed E-state index contributed by atoms with van der Waals surface area (Å²) in [7, 11) is 0. The van der Waals surface area contributed by atoms with Crippen LogP contribution in [0.2, 0.25) is 0 Å². The number of anilines is 2. The minimum absolute atomic E-state index is 0.0177. The highest BCUT2D eigenvalue weighted by Crippen LogP contribution is 2.22. The molecule has 144 valence electrons. The maximum atomic E-state index is 12.1. The fourth-order valence-electron chi connectivity index (χ4n) is 2.64. The summed E-state index contributed by atoms with van der Waals surface area (Å²) in [4.78, 5) is 26.6. The molecule has 0 aliphatic heterocycles. The molecule has 2 aromatic heterocycles. The van der Waals surface area contributed by atoms with Gasteiger partial charge in [0.05, 0.1) is 4.92 Å². The van der Waals surface area contributed by atoms with Crippen LogP contribution in [0.25, 0.3) is 0 Å². The first-order valence-electron chi connectivity index (χ1n) is 8.81. The molecule has 0 unspecified atom stereocenters. The van der Waals surface area contributed by atoms with Gasteiger partial charge in [-0.2, -0.15) is 5.10 Å². The number of para-hydroxylation sites is 2. The molecule has 0 aliphatic carbocycles. The van der Waals surface area contributed by atoms with Crippen LogP contribution in [0.15, 0.2) is 61.1 Å². The standard InChI is InChI=1S/C19H20N6O3/c26-19(7-12-21-16-3-1-2-4-17(16)25(27)28)22-18-9-14-24(23-18)13-8-15-5-10-20-11-6-15/h1-6,9-11,14,21H,7-8,12-13H2,(H,22,23,26). The molecule has 28 heavy (non-hydrogen) atoms. The Labute approximate surface area is 161 Å². The van der Waals surface area contributed by atoms with E-state index in [-0.39, 0.29) is 24.6 Å². The molecular formula is C19H20N6O3. The Hall–Kier alpha value is -3.75. The second-order valence-electron chi connectivity index (χ2n) is 6.07. The van der Waals surface area contributed by atoms with E-state index in [4.69, 9.17) is 0 Å². The van der Waals surface area contributed by atoms with E-state index in [1.165, 1.54) is 6.07 Å². The van der Waals surface area contributed by atoms with E-state index in [0.717, 1.165) is 12.0 Å². The number of hydrogen-bond acceptors (Lipinski definition) is 6. The number of carbonyl (C=O) groups is 1. The van der Waals surface area contributed by atoms with Gasteiger partial charge in [-0.25, -0.2) is 0 Å². The number of carbonyl (C=O) groups excluding carboxylic acids is 1. The van der Waals surface area contributed by atoms with Crippen molar-refractivity contribution in [2.75, 3.05) is 17.2 Å². The molecule has 9 nitrogen and oxygen atoms in total. The maximum absolute atomic E-state index is 12.1. The first kappa shape index (κ1) is 19.0. The zero-order valence-corrected chi connectivity index (χ0v) is 15.1. The molecule has 0 radical (unpaired) electrons. The van der Waals surface area contributed by atoms with Gasteiger partial charge in [-0.1, -0.05) is 12.1 Å². The van der Waals surface area contributed by atoms with Gasteiger partial charge in [0, 0.05) is 50.2 Å². The molecule has 0 aliphatic rings. The highest BCUT2D eigenvalue weighted by molar-refractivity contribution is 5.90. The molecule has 3 rings (SSSR count). The van der Waals surface area contributed by atoms with E-state index in [1.54, 1.807) is 41.3 Å². The molecular weight excluding hydrogens is 360 g/mol. The minimum Gasteiger partial charge on any atom is -0.379 e. The normalized spacial score (nSPS) is 10.4. The second-order valence-corrected chi connectivity index (χ2v) is 6.07. The molecule has 0 saturated heterocycles. The molecule has 0 atom stereocenters. The van der Waals surface area contributed by atoms with E-state index in [2.05, 4.69) is 20.7 Å². The number of amides is 1. The number of nitro groups is 1. The lowest BCUT2D eigenvalue weighted by Gasteiger charge is -2.07. The number of nitrogens with zero attached hydrogens (tertiary/aromatic N) is 4. The van der Waals surface area contributed by atoms with E-state index >= 15 is 0 Å². The second kappa shape index (κ2) is 9.26. The van der Waals surface area contributed by atoms with Gasteiger partial charge in [-0.05, 0) is 30.2 Å². The number of benzene rings is 1. The van der Waals surface area contributed by atoms with Gasteiger partial charge in [-0.15, -0.1) is 0 Å². The topological polar surface area (TPSA) is 115 Å². The van der Waals surface area contributed by atoms with Crippen molar-refractivity contribution in [1.29, 1.82) is 0 Å². The molecule has 0 spiro atoms. The number of aryl methyl sites for hydroxylation is 2. The zero-order valence-electron chi connectivity index (χ0n) is 15.1. The van der Waals surface area contributed by atoms with E-state index in [9.17, 15) is 14.9 Å². The highest BCUT2D eigenvalue weighted by atomic mass is 16.6. The van der Waals surface area contributed by atoms with Crippen molar-refractivity contribution in [2.45, 2.75) is 19.4 Å². The highest BCUT2D eigenvalue weighted by Gasteiger charge is 2.12. The van der Waals surface area contributed by atoms with Gasteiger partial charge in [-0.3, -0.25) is 24.6 Å². The Morgan fingerprint density at radius 3 is 2.71 bits per heavy atom. The van der Waals surface area contributed by atoms with Crippen LogP contribution in [0.4, 0.5) is 17.2 Å². The van der Waals surface area contributed by atoms with Gasteiger partial charge < -0.3 is 10.6 Å². The molecule has 0 fully saturated rings. The van der Waals surface area contributed by atoms with Crippen LogP contribution in [0.5, 0.6) is 0 Å². The van der Waals surface area contributed by atoms with Crippen molar-refractivity contribution in [2.24, 2.45) is 0 Å². The summed E-state index contributed by atoms with van der Waals surface area (Å²) >= 11 is 0. The fourth-order valence-corrected chi connectivity index (χ4v) is 2.64. The smallest absolute Gasteiger partial charge is 0.292 e. The van der Waals surface area contributed by atoms with Crippen LogP contribution in [0.1, 0.15) is 12.0 Å². The van der Waals surface area contributed by atoms with Crippen molar-refractivity contribution in [3.05, 3.63) is 76.7 Å². The third-order valence-electron chi connectivity index (χ3n) is 4.06. The van der Waals surface area contributed by atoms with Crippen LogP contribution in [-0.2, 0) is 17.8 Å². The van der Waals surface area contributed by atoms with Crippen LogP contribution in [0.3, 0.4) is 0 Å². The van der Waals surface area contributed by atoms with Crippen molar-refractivity contribution < 1.29 is 9.72 Å². The first-order valence-corrected chi connectivity index (χ1v) is 8.81. The Morgan fingerprint density at radius 1 is 1.14 bits per heavy atom. The number of hydrogen-bond donors (Lipinski definition) is 2. The van der Waals surface area contributed by atoms with E-state index < -0.39 is 4.92 Å². The predicted molar refractivity (Wildman–Crippen MR) is 105 cm³/mol. The Morgan fingerprint density at radius 2 is 1.93 bits per heavy atom. The predicted octanol–water partition coefficient (Wildman–Crippen LogP) is 2.87. The summed E-state index contributed by atoms with van der Waals surface area (Å²) < 4.78 is 1.77.